The fourth-order valence-corrected chi connectivity index (χ4v) is 4.26. The molecule has 0 unspecified atom stereocenters. The van der Waals surface area contributed by atoms with Gasteiger partial charge in [0.2, 0.25) is 0 Å². The SMILES string of the molecule is COc1cc(CNc2cc(Cl)cc(Cl)c2)cc(Br)c1OCc1ccc(Cl)cc1Cl. The fourth-order valence-electron chi connectivity index (χ4n) is 2.66. The van der Waals surface area contributed by atoms with Crippen LogP contribution >= 0.6 is 62.3 Å². The lowest BCUT2D eigenvalue weighted by Gasteiger charge is -2.16. The van der Waals surface area contributed by atoms with E-state index in [1.807, 2.05) is 30.3 Å². The van der Waals surface area contributed by atoms with Crippen LogP contribution in [0, 0.1) is 0 Å². The monoisotopic (exact) mass is 533 g/mol. The number of anilines is 1. The van der Waals surface area contributed by atoms with Gasteiger partial charge in [0.1, 0.15) is 6.61 Å². The topological polar surface area (TPSA) is 30.5 Å². The van der Waals surface area contributed by atoms with Gasteiger partial charge in [-0.1, -0.05) is 52.5 Å². The second kappa shape index (κ2) is 10.1. The van der Waals surface area contributed by atoms with E-state index in [0.29, 0.717) is 38.1 Å². The van der Waals surface area contributed by atoms with Crippen LogP contribution < -0.4 is 14.8 Å². The molecule has 3 aromatic rings. The van der Waals surface area contributed by atoms with Crippen molar-refractivity contribution in [2.24, 2.45) is 0 Å². The Morgan fingerprint density at radius 2 is 1.62 bits per heavy atom. The highest BCUT2D eigenvalue weighted by atomic mass is 79.9. The summed E-state index contributed by atoms with van der Waals surface area (Å²) in [7, 11) is 1.60. The lowest BCUT2D eigenvalue weighted by molar-refractivity contribution is 0.282. The molecule has 0 spiro atoms. The van der Waals surface area contributed by atoms with Crippen LogP contribution in [0.3, 0.4) is 0 Å². The van der Waals surface area contributed by atoms with Crippen LogP contribution in [-0.4, -0.2) is 7.11 Å². The number of rotatable bonds is 7. The van der Waals surface area contributed by atoms with Gasteiger partial charge in [0.05, 0.1) is 11.6 Å². The summed E-state index contributed by atoms with van der Waals surface area (Å²) in [4.78, 5) is 0. The molecule has 0 aliphatic heterocycles. The smallest absolute Gasteiger partial charge is 0.175 e. The molecule has 0 amide bonds. The van der Waals surface area contributed by atoms with Crippen LogP contribution in [0.2, 0.25) is 20.1 Å². The van der Waals surface area contributed by atoms with Gasteiger partial charge in [0.15, 0.2) is 11.5 Å². The Labute approximate surface area is 197 Å². The Kier molecular flexibility index (Phi) is 7.83. The third kappa shape index (κ3) is 6.09. The minimum absolute atomic E-state index is 0.281. The number of ether oxygens (including phenoxy) is 2. The molecule has 3 rings (SSSR count). The van der Waals surface area contributed by atoms with E-state index in [1.165, 1.54) is 0 Å². The minimum Gasteiger partial charge on any atom is -0.493 e. The van der Waals surface area contributed by atoms with Gasteiger partial charge in [-0.2, -0.15) is 0 Å². The van der Waals surface area contributed by atoms with E-state index in [2.05, 4.69) is 21.2 Å². The second-order valence-electron chi connectivity index (χ2n) is 6.15. The van der Waals surface area contributed by atoms with Crippen molar-refractivity contribution in [3.8, 4) is 11.5 Å². The summed E-state index contributed by atoms with van der Waals surface area (Å²) >= 11 is 27.8. The average molecular weight is 536 g/mol. The molecular weight excluding hydrogens is 520 g/mol. The van der Waals surface area contributed by atoms with Crippen molar-refractivity contribution < 1.29 is 9.47 Å². The van der Waals surface area contributed by atoms with Crippen molar-refractivity contribution in [2.45, 2.75) is 13.2 Å². The van der Waals surface area contributed by atoms with Gasteiger partial charge in [0.25, 0.3) is 0 Å². The van der Waals surface area contributed by atoms with E-state index < -0.39 is 0 Å². The Morgan fingerprint density at radius 1 is 0.897 bits per heavy atom. The van der Waals surface area contributed by atoms with Gasteiger partial charge in [-0.15, -0.1) is 0 Å². The molecule has 0 aromatic heterocycles. The zero-order chi connectivity index (χ0) is 21.0. The van der Waals surface area contributed by atoms with Crippen LogP contribution in [-0.2, 0) is 13.2 Å². The second-order valence-corrected chi connectivity index (χ2v) is 8.72. The first-order valence-corrected chi connectivity index (χ1v) is 10.8. The van der Waals surface area contributed by atoms with Crippen LogP contribution in [0.4, 0.5) is 5.69 Å². The number of hydrogen-bond acceptors (Lipinski definition) is 3. The minimum atomic E-state index is 0.281. The van der Waals surface area contributed by atoms with E-state index in [4.69, 9.17) is 55.9 Å². The summed E-state index contributed by atoms with van der Waals surface area (Å²) in [5, 5.41) is 5.57. The first-order valence-electron chi connectivity index (χ1n) is 8.49. The van der Waals surface area contributed by atoms with E-state index in [9.17, 15) is 0 Å². The lowest BCUT2D eigenvalue weighted by Crippen LogP contribution is -2.03. The predicted molar refractivity (Wildman–Crippen MR) is 125 cm³/mol. The Balaban J connectivity index is 1.74. The molecule has 0 saturated carbocycles. The Morgan fingerprint density at radius 3 is 2.28 bits per heavy atom. The Hall–Kier alpha value is -1.30. The van der Waals surface area contributed by atoms with Gasteiger partial charge in [-0.3, -0.25) is 0 Å². The van der Waals surface area contributed by atoms with E-state index in [1.54, 1.807) is 25.3 Å². The quantitative estimate of drug-likeness (QED) is 0.330. The number of hydrogen-bond donors (Lipinski definition) is 1. The number of methoxy groups -OCH3 is 1. The van der Waals surface area contributed by atoms with E-state index >= 15 is 0 Å². The summed E-state index contributed by atoms with van der Waals surface area (Å²) in [6.45, 7) is 0.832. The van der Waals surface area contributed by atoms with Crippen molar-refractivity contribution in [3.05, 3.63) is 84.2 Å². The van der Waals surface area contributed by atoms with Gasteiger partial charge in [-0.25, -0.2) is 0 Å². The first-order chi connectivity index (χ1) is 13.9. The summed E-state index contributed by atoms with van der Waals surface area (Å²) in [6, 6.07) is 14.5. The third-order valence-corrected chi connectivity index (χ3v) is 5.65. The molecule has 8 heteroatoms. The van der Waals surface area contributed by atoms with Gasteiger partial charge >= 0.3 is 0 Å². The van der Waals surface area contributed by atoms with Crippen LogP contribution in [0.15, 0.2) is 53.0 Å². The molecule has 0 fully saturated rings. The zero-order valence-corrected chi connectivity index (χ0v) is 19.8. The molecule has 0 aliphatic rings. The highest BCUT2D eigenvalue weighted by Crippen LogP contribution is 2.38. The van der Waals surface area contributed by atoms with Crippen LogP contribution in [0.1, 0.15) is 11.1 Å². The maximum Gasteiger partial charge on any atom is 0.175 e. The maximum atomic E-state index is 6.22. The molecule has 0 radical (unpaired) electrons. The highest BCUT2D eigenvalue weighted by Gasteiger charge is 2.13. The molecule has 0 saturated heterocycles. The van der Waals surface area contributed by atoms with Crippen molar-refractivity contribution >= 4 is 68.0 Å². The molecule has 3 nitrogen and oxygen atoms in total. The molecule has 0 heterocycles. The van der Waals surface area contributed by atoms with Crippen LogP contribution in [0.5, 0.6) is 11.5 Å². The molecule has 0 atom stereocenters. The molecular formula is C21H16BrCl4NO2. The summed E-state index contributed by atoms with van der Waals surface area (Å²) in [5.41, 5.74) is 2.64. The lowest BCUT2D eigenvalue weighted by atomic mass is 10.2. The molecule has 29 heavy (non-hydrogen) atoms. The predicted octanol–water partition coefficient (Wildman–Crippen LogP) is 8.26. The van der Waals surface area contributed by atoms with E-state index in [0.717, 1.165) is 21.3 Å². The van der Waals surface area contributed by atoms with Crippen LogP contribution in [0.25, 0.3) is 0 Å². The summed E-state index contributed by atoms with van der Waals surface area (Å²) in [5.74, 6) is 1.19. The van der Waals surface area contributed by atoms with Gasteiger partial charge < -0.3 is 14.8 Å². The number of halogens is 5. The molecule has 152 valence electrons. The standard InChI is InChI=1S/C21H16BrCl4NO2/c1-28-20-5-12(10-27-17-7-15(24)6-16(25)8-17)4-18(22)21(20)29-11-13-2-3-14(23)9-19(13)26/h2-9,27H,10-11H2,1H3. The van der Waals surface area contributed by atoms with E-state index in [-0.39, 0.29) is 6.61 Å². The normalized spacial score (nSPS) is 10.7. The van der Waals surface area contributed by atoms with Gasteiger partial charge in [-0.05, 0) is 64.0 Å². The van der Waals surface area contributed by atoms with Gasteiger partial charge in [0, 0.05) is 37.9 Å². The zero-order valence-electron chi connectivity index (χ0n) is 15.2. The van der Waals surface area contributed by atoms with Crippen molar-refractivity contribution in [1.82, 2.24) is 0 Å². The van der Waals surface area contributed by atoms with Crippen molar-refractivity contribution in [1.29, 1.82) is 0 Å². The maximum absolute atomic E-state index is 6.22. The average Bonchev–Trinajstić information content (AvgIpc) is 2.65. The third-order valence-electron chi connectivity index (χ3n) is 4.04. The first kappa shape index (κ1) is 22.4. The van der Waals surface area contributed by atoms with Crippen molar-refractivity contribution in [2.75, 3.05) is 12.4 Å². The molecule has 0 bridgehead atoms. The largest absolute Gasteiger partial charge is 0.493 e. The molecule has 0 aliphatic carbocycles. The molecule has 3 aromatic carbocycles. The fraction of sp³-hybridized carbons (Fsp3) is 0.143. The summed E-state index contributed by atoms with van der Waals surface area (Å²) < 4.78 is 12.2. The summed E-state index contributed by atoms with van der Waals surface area (Å²) in [6.07, 6.45) is 0. The molecule has 1 N–H and O–H groups in total. The Bertz CT molecular complexity index is 1010. The number of benzene rings is 3. The highest BCUT2D eigenvalue weighted by molar-refractivity contribution is 9.10. The number of nitrogens with one attached hydrogen (secondary N) is 1. The van der Waals surface area contributed by atoms with Crippen molar-refractivity contribution in [3.63, 3.8) is 0 Å².